The van der Waals surface area contributed by atoms with Crippen molar-refractivity contribution in [3.63, 3.8) is 0 Å². The highest BCUT2D eigenvalue weighted by Gasteiger charge is 2.43. The van der Waals surface area contributed by atoms with Crippen molar-refractivity contribution in [1.29, 1.82) is 0 Å². The molecule has 1 aliphatic heterocycles. The summed E-state index contributed by atoms with van der Waals surface area (Å²) in [5.74, 6) is -1.62. The van der Waals surface area contributed by atoms with Crippen LogP contribution in [0.4, 0.5) is 0 Å². The molecular formula is C17H21NO7. The van der Waals surface area contributed by atoms with Gasteiger partial charge in [-0.2, -0.15) is 0 Å². The number of ketones is 1. The number of Topliss-reactive ketones (excluding diaryl/α,β-unsaturated/α-hetero) is 1. The van der Waals surface area contributed by atoms with Crippen LogP contribution in [0, 0.1) is 0 Å². The lowest BCUT2D eigenvalue weighted by molar-refractivity contribution is -0.144. The zero-order valence-electron chi connectivity index (χ0n) is 14.5. The Bertz CT molecular complexity index is 709. The third-order valence-electron chi connectivity index (χ3n) is 4.07. The monoisotopic (exact) mass is 351 g/mol. The number of benzene rings is 1. The third-order valence-corrected chi connectivity index (χ3v) is 4.07. The Labute approximate surface area is 145 Å². The second-order valence-corrected chi connectivity index (χ2v) is 5.51. The Kier molecular flexibility index (Phi) is 5.66. The van der Waals surface area contributed by atoms with E-state index in [4.69, 9.17) is 14.2 Å². The van der Waals surface area contributed by atoms with E-state index in [0.29, 0.717) is 5.56 Å². The molecule has 0 radical (unpaired) electrons. The van der Waals surface area contributed by atoms with E-state index >= 15 is 0 Å². The number of phenols is 1. The molecule has 1 amide bonds. The SMILES string of the molecule is COc1cc([C@H]2C(C(C)=O)=C(O)C(=O)N2CC(OC)OC)ccc1O. The van der Waals surface area contributed by atoms with Crippen molar-refractivity contribution in [2.45, 2.75) is 19.3 Å². The van der Waals surface area contributed by atoms with Crippen LogP contribution in [0.1, 0.15) is 18.5 Å². The van der Waals surface area contributed by atoms with E-state index in [-0.39, 0.29) is 23.6 Å². The maximum Gasteiger partial charge on any atom is 0.290 e. The first-order chi connectivity index (χ1) is 11.8. The van der Waals surface area contributed by atoms with Gasteiger partial charge in [-0.15, -0.1) is 0 Å². The van der Waals surface area contributed by atoms with Crippen LogP contribution >= 0.6 is 0 Å². The summed E-state index contributed by atoms with van der Waals surface area (Å²) in [6.07, 6.45) is -0.732. The number of ether oxygens (including phenoxy) is 3. The van der Waals surface area contributed by atoms with Gasteiger partial charge < -0.3 is 29.3 Å². The highest BCUT2D eigenvalue weighted by molar-refractivity contribution is 6.08. The van der Waals surface area contributed by atoms with Crippen molar-refractivity contribution in [2.24, 2.45) is 0 Å². The van der Waals surface area contributed by atoms with Gasteiger partial charge in [0.15, 0.2) is 29.3 Å². The number of aliphatic hydroxyl groups is 1. The first-order valence-electron chi connectivity index (χ1n) is 7.53. The second-order valence-electron chi connectivity index (χ2n) is 5.51. The van der Waals surface area contributed by atoms with E-state index in [2.05, 4.69) is 0 Å². The van der Waals surface area contributed by atoms with Gasteiger partial charge in [0.2, 0.25) is 0 Å². The molecule has 0 fully saturated rings. The molecule has 1 aliphatic rings. The van der Waals surface area contributed by atoms with Crippen molar-refractivity contribution in [2.75, 3.05) is 27.9 Å². The van der Waals surface area contributed by atoms with Crippen LogP contribution < -0.4 is 4.74 Å². The minimum absolute atomic E-state index is 0.000528. The van der Waals surface area contributed by atoms with Gasteiger partial charge in [0.05, 0.1) is 25.3 Å². The van der Waals surface area contributed by atoms with Crippen molar-refractivity contribution in [3.05, 3.63) is 35.1 Å². The largest absolute Gasteiger partial charge is 0.504 e. The highest BCUT2D eigenvalue weighted by Crippen LogP contribution is 2.40. The van der Waals surface area contributed by atoms with Gasteiger partial charge in [-0.25, -0.2) is 0 Å². The second kappa shape index (κ2) is 7.54. The number of rotatable bonds is 7. The van der Waals surface area contributed by atoms with Gasteiger partial charge in [-0.3, -0.25) is 9.59 Å². The van der Waals surface area contributed by atoms with Crippen LogP contribution in [0.3, 0.4) is 0 Å². The van der Waals surface area contributed by atoms with Gasteiger partial charge in [-0.05, 0) is 24.6 Å². The first kappa shape index (κ1) is 18.8. The molecule has 2 N–H and O–H groups in total. The molecule has 0 saturated carbocycles. The zero-order chi connectivity index (χ0) is 18.7. The van der Waals surface area contributed by atoms with Crippen LogP contribution in [0.15, 0.2) is 29.5 Å². The molecule has 1 aromatic rings. The molecule has 1 aromatic carbocycles. The zero-order valence-corrected chi connectivity index (χ0v) is 14.5. The molecule has 1 atom stereocenters. The molecule has 0 aliphatic carbocycles. The molecule has 0 unspecified atom stereocenters. The number of hydrogen-bond acceptors (Lipinski definition) is 7. The summed E-state index contributed by atoms with van der Waals surface area (Å²) >= 11 is 0. The lowest BCUT2D eigenvalue weighted by Crippen LogP contribution is -2.38. The Morgan fingerprint density at radius 3 is 2.40 bits per heavy atom. The van der Waals surface area contributed by atoms with Gasteiger partial charge >= 0.3 is 0 Å². The van der Waals surface area contributed by atoms with E-state index in [1.807, 2.05) is 0 Å². The van der Waals surface area contributed by atoms with Gasteiger partial charge in [0.25, 0.3) is 5.91 Å². The minimum Gasteiger partial charge on any atom is -0.504 e. The Morgan fingerprint density at radius 2 is 1.88 bits per heavy atom. The minimum atomic E-state index is -0.840. The molecule has 25 heavy (non-hydrogen) atoms. The van der Waals surface area contributed by atoms with Crippen molar-refractivity contribution in [3.8, 4) is 11.5 Å². The van der Waals surface area contributed by atoms with Crippen LogP contribution in [-0.4, -0.2) is 61.0 Å². The number of aromatic hydroxyl groups is 1. The van der Waals surface area contributed by atoms with E-state index < -0.39 is 29.8 Å². The molecule has 1 heterocycles. The fourth-order valence-electron chi connectivity index (χ4n) is 2.82. The fraction of sp³-hybridized carbons (Fsp3) is 0.412. The molecule has 8 nitrogen and oxygen atoms in total. The summed E-state index contributed by atoms with van der Waals surface area (Å²) in [5.41, 5.74) is 0.479. The molecule has 8 heteroatoms. The van der Waals surface area contributed by atoms with Crippen LogP contribution in [0.2, 0.25) is 0 Å². The van der Waals surface area contributed by atoms with Crippen molar-refractivity contribution in [1.82, 2.24) is 4.90 Å². The van der Waals surface area contributed by atoms with Crippen molar-refractivity contribution < 1.29 is 34.0 Å². The predicted octanol–water partition coefficient (Wildman–Crippen LogP) is 1.30. The molecule has 0 saturated heterocycles. The first-order valence-corrected chi connectivity index (χ1v) is 7.53. The number of carbonyl (C=O) groups excluding carboxylic acids is 2. The van der Waals surface area contributed by atoms with E-state index in [1.54, 1.807) is 6.07 Å². The van der Waals surface area contributed by atoms with E-state index in [1.165, 1.54) is 45.3 Å². The standard InChI is InChI=1S/C17H21NO7/c1-9(19)14-15(10-5-6-11(20)12(7-10)23-2)18(17(22)16(14)21)8-13(24-3)25-4/h5-7,13,15,20-21H,8H2,1-4H3/t15-/m0/s1. The maximum absolute atomic E-state index is 12.5. The molecule has 136 valence electrons. The lowest BCUT2D eigenvalue weighted by Gasteiger charge is -2.29. The molecule has 0 aromatic heterocycles. The average Bonchev–Trinajstić information content (AvgIpc) is 2.84. The number of carbonyl (C=O) groups is 2. The molecule has 2 rings (SSSR count). The predicted molar refractivity (Wildman–Crippen MR) is 87.3 cm³/mol. The van der Waals surface area contributed by atoms with Gasteiger partial charge in [0, 0.05) is 14.2 Å². The summed E-state index contributed by atoms with van der Waals surface area (Å²) < 4.78 is 15.3. The van der Waals surface area contributed by atoms with E-state index in [0.717, 1.165) is 0 Å². The smallest absolute Gasteiger partial charge is 0.290 e. The number of nitrogens with zero attached hydrogens (tertiary/aromatic N) is 1. The fourth-order valence-corrected chi connectivity index (χ4v) is 2.82. The number of hydrogen-bond donors (Lipinski definition) is 2. The van der Waals surface area contributed by atoms with E-state index in [9.17, 15) is 19.8 Å². The summed E-state index contributed by atoms with van der Waals surface area (Å²) in [4.78, 5) is 25.8. The summed E-state index contributed by atoms with van der Waals surface area (Å²) in [6.45, 7) is 1.28. The Balaban J connectivity index is 2.53. The Hall–Kier alpha value is -2.58. The lowest BCUT2D eigenvalue weighted by atomic mass is 9.96. The number of aliphatic hydroxyl groups excluding tert-OH is 1. The molecule has 0 spiro atoms. The molecule has 0 bridgehead atoms. The summed E-state index contributed by atoms with van der Waals surface area (Å²) in [7, 11) is 4.24. The summed E-state index contributed by atoms with van der Waals surface area (Å²) in [6, 6.07) is 3.62. The third kappa shape index (κ3) is 3.45. The van der Waals surface area contributed by atoms with Crippen LogP contribution in [0.5, 0.6) is 11.5 Å². The topological polar surface area (TPSA) is 106 Å². The average molecular weight is 351 g/mol. The maximum atomic E-state index is 12.5. The Morgan fingerprint density at radius 1 is 1.24 bits per heavy atom. The number of phenolic OH excluding ortho intramolecular Hbond substituents is 1. The normalized spacial score (nSPS) is 17.6. The summed E-state index contributed by atoms with van der Waals surface area (Å²) in [5, 5.41) is 19.9. The number of methoxy groups -OCH3 is 3. The van der Waals surface area contributed by atoms with Crippen LogP contribution in [0.25, 0.3) is 0 Å². The van der Waals surface area contributed by atoms with Crippen molar-refractivity contribution >= 4 is 11.7 Å². The highest BCUT2D eigenvalue weighted by atomic mass is 16.7. The quantitative estimate of drug-likeness (QED) is 0.713. The van der Waals surface area contributed by atoms with Gasteiger partial charge in [0.1, 0.15) is 0 Å². The molecular weight excluding hydrogens is 330 g/mol. The van der Waals surface area contributed by atoms with Gasteiger partial charge in [-0.1, -0.05) is 6.07 Å². The van der Waals surface area contributed by atoms with Crippen LogP contribution in [-0.2, 0) is 19.1 Å². The number of amides is 1.